The lowest BCUT2D eigenvalue weighted by atomic mass is 10.0. The molecule has 1 heterocycles. The maximum atomic E-state index is 11.4. The van der Waals surface area contributed by atoms with Crippen molar-refractivity contribution in [2.45, 2.75) is 0 Å². The van der Waals surface area contributed by atoms with Gasteiger partial charge in [0.25, 0.3) is 0 Å². The smallest absolute Gasteiger partial charge is 0.337 e. The van der Waals surface area contributed by atoms with Crippen molar-refractivity contribution in [3.63, 3.8) is 0 Å². The molecule has 3 nitrogen and oxygen atoms in total. The number of hydrogen-bond acceptors (Lipinski definition) is 1. The van der Waals surface area contributed by atoms with E-state index < -0.39 is 5.97 Å². The number of carboxylic acids is 1. The molecular formula is C15H9Cl2NO2. The Balaban J connectivity index is 2.33. The molecule has 0 fully saturated rings. The summed E-state index contributed by atoms with van der Waals surface area (Å²) < 4.78 is 0. The molecule has 100 valence electrons. The van der Waals surface area contributed by atoms with Crippen molar-refractivity contribution in [3.8, 4) is 11.3 Å². The van der Waals surface area contributed by atoms with Gasteiger partial charge in [-0.05, 0) is 24.3 Å². The first kappa shape index (κ1) is 13.0. The number of fused-ring (bicyclic) bond motifs is 1. The molecule has 3 rings (SSSR count). The standard InChI is InChI=1S/C15H9Cl2NO2/c16-9-5-6-10(17)14(15(19)20)13(9)12-7-8-3-1-2-4-11(8)18-12/h1-7,18H,(H,19,20). The van der Waals surface area contributed by atoms with Crippen molar-refractivity contribution in [2.75, 3.05) is 0 Å². The van der Waals surface area contributed by atoms with Crippen LogP contribution in [0.15, 0.2) is 42.5 Å². The number of para-hydroxylation sites is 1. The van der Waals surface area contributed by atoms with Crippen LogP contribution in [0, 0.1) is 0 Å². The Morgan fingerprint density at radius 2 is 1.75 bits per heavy atom. The Morgan fingerprint density at radius 1 is 1.05 bits per heavy atom. The highest BCUT2D eigenvalue weighted by Crippen LogP contribution is 2.36. The zero-order chi connectivity index (χ0) is 14.3. The van der Waals surface area contributed by atoms with Gasteiger partial charge in [-0.2, -0.15) is 0 Å². The van der Waals surface area contributed by atoms with Gasteiger partial charge in [-0.3, -0.25) is 0 Å². The summed E-state index contributed by atoms with van der Waals surface area (Å²) in [6, 6.07) is 12.6. The third kappa shape index (κ3) is 2.05. The van der Waals surface area contributed by atoms with Crippen LogP contribution in [0.2, 0.25) is 10.0 Å². The van der Waals surface area contributed by atoms with Gasteiger partial charge in [0.05, 0.1) is 15.6 Å². The Kier molecular flexibility index (Phi) is 3.16. The molecule has 5 heteroatoms. The monoisotopic (exact) mass is 305 g/mol. The topological polar surface area (TPSA) is 53.1 Å². The van der Waals surface area contributed by atoms with Gasteiger partial charge in [0, 0.05) is 22.2 Å². The molecule has 0 aliphatic heterocycles. The summed E-state index contributed by atoms with van der Waals surface area (Å²) in [4.78, 5) is 14.6. The number of carbonyl (C=O) groups is 1. The van der Waals surface area contributed by atoms with Crippen LogP contribution < -0.4 is 0 Å². The molecule has 0 atom stereocenters. The largest absolute Gasteiger partial charge is 0.478 e. The highest BCUT2D eigenvalue weighted by atomic mass is 35.5. The third-order valence-electron chi connectivity index (χ3n) is 3.12. The van der Waals surface area contributed by atoms with E-state index >= 15 is 0 Å². The lowest BCUT2D eigenvalue weighted by molar-refractivity contribution is 0.0698. The number of aromatic amines is 1. The van der Waals surface area contributed by atoms with Crippen LogP contribution in [0.4, 0.5) is 0 Å². The highest BCUT2D eigenvalue weighted by Gasteiger charge is 2.20. The van der Waals surface area contributed by atoms with Crippen molar-refractivity contribution in [1.29, 1.82) is 0 Å². The maximum Gasteiger partial charge on any atom is 0.337 e. The number of aromatic nitrogens is 1. The summed E-state index contributed by atoms with van der Waals surface area (Å²) in [7, 11) is 0. The SMILES string of the molecule is O=C(O)c1c(Cl)ccc(Cl)c1-c1cc2ccccc2[nH]1. The number of aromatic carboxylic acids is 1. The first-order valence-corrected chi connectivity index (χ1v) is 6.63. The number of halogens is 2. The second kappa shape index (κ2) is 4.85. The zero-order valence-electron chi connectivity index (χ0n) is 10.2. The molecule has 0 bridgehead atoms. The third-order valence-corrected chi connectivity index (χ3v) is 3.75. The van der Waals surface area contributed by atoms with E-state index in [1.807, 2.05) is 30.3 Å². The second-order valence-corrected chi connectivity index (χ2v) is 5.17. The van der Waals surface area contributed by atoms with Gasteiger partial charge in [-0.15, -0.1) is 0 Å². The normalized spacial score (nSPS) is 10.9. The molecule has 0 radical (unpaired) electrons. The lowest BCUT2D eigenvalue weighted by Crippen LogP contribution is -2.01. The lowest BCUT2D eigenvalue weighted by Gasteiger charge is -2.08. The summed E-state index contributed by atoms with van der Waals surface area (Å²) in [5.74, 6) is -1.11. The molecule has 0 unspecified atom stereocenters. The van der Waals surface area contributed by atoms with Gasteiger partial charge >= 0.3 is 5.97 Å². The summed E-state index contributed by atoms with van der Waals surface area (Å²) in [5.41, 5.74) is 1.96. The van der Waals surface area contributed by atoms with Gasteiger partial charge < -0.3 is 10.1 Å². The van der Waals surface area contributed by atoms with Crippen molar-refractivity contribution >= 4 is 40.1 Å². The maximum absolute atomic E-state index is 11.4. The Morgan fingerprint density at radius 3 is 2.45 bits per heavy atom. The van der Waals surface area contributed by atoms with Gasteiger partial charge in [0.1, 0.15) is 0 Å². The van der Waals surface area contributed by atoms with Crippen molar-refractivity contribution in [2.24, 2.45) is 0 Å². The molecule has 0 aliphatic rings. The number of hydrogen-bond donors (Lipinski definition) is 2. The molecule has 0 saturated heterocycles. The van der Waals surface area contributed by atoms with Crippen molar-refractivity contribution in [1.82, 2.24) is 4.98 Å². The quantitative estimate of drug-likeness (QED) is 0.711. The number of carboxylic acid groups (broad SMARTS) is 1. The fourth-order valence-electron chi connectivity index (χ4n) is 2.23. The first-order valence-electron chi connectivity index (χ1n) is 5.87. The number of rotatable bonds is 2. The van der Waals surface area contributed by atoms with E-state index in [1.165, 1.54) is 6.07 Å². The van der Waals surface area contributed by atoms with E-state index in [0.717, 1.165) is 10.9 Å². The molecule has 2 N–H and O–H groups in total. The molecule has 0 amide bonds. The average molecular weight is 306 g/mol. The number of benzene rings is 2. The van der Waals surface area contributed by atoms with Gasteiger partial charge in [0.2, 0.25) is 0 Å². The van der Waals surface area contributed by atoms with Crippen LogP contribution in [0.1, 0.15) is 10.4 Å². The molecule has 2 aromatic carbocycles. The first-order chi connectivity index (χ1) is 9.58. The fourth-order valence-corrected chi connectivity index (χ4v) is 2.73. The summed E-state index contributed by atoms with van der Waals surface area (Å²) in [6.45, 7) is 0. The Hall–Kier alpha value is -1.97. The van der Waals surface area contributed by atoms with Crippen molar-refractivity contribution in [3.05, 3.63) is 58.1 Å². The molecule has 3 aromatic rings. The van der Waals surface area contributed by atoms with Crippen LogP contribution in [0.3, 0.4) is 0 Å². The van der Waals surface area contributed by atoms with E-state index in [-0.39, 0.29) is 10.6 Å². The summed E-state index contributed by atoms with van der Waals surface area (Å²) in [6.07, 6.45) is 0. The van der Waals surface area contributed by atoms with Crippen LogP contribution in [0.5, 0.6) is 0 Å². The fraction of sp³-hybridized carbons (Fsp3) is 0. The molecule has 0 saturated carbocycles. The zero-order valence-corrected chi connectivity index (χ0v) is 11.7. The minimum atomic E-state index is -1.11. The van der Waals surface area contributed by atoms with E-state index in [1.54, 1.807) is 6.07 Å². The van der Waals surface area contributed by atoms with Crippen LogP contribution in [-0.2, 0) is 0 Å². The second-order valence-electron chi connectivity index (χ2n) is 4.35. The van der Waals surface area contributed by atoms with Gasteiger partial charge in [-0.1, -0.05) is 41.4 Å². The Labute approximate surface area is 124 Å². The number of nitrogens with one attached hydrogen (secondary N) is 1. The van der Waals surface area contributed by atoms with E-state index in [9.17, 15) is 9.90 Å². The predicted octanol–water partition coefficient (Wildman–Crippen LogP) is 4.84. The minimum absolute atomic E-state index is 0.00530. The molecule has 0 aliphatic carbocycles. The van der Waals surface area contributed by atoms with Crippen molar-refractivity contribution < 1.29 is 9.90 Å². The summed E-state index contributed by atoms with van der Waals surface area (Å²) in [5, 5.41) is 10.8. The van der Waals surface area contributed by atoms with Crippen LogP contribution in [-0.4, -0.2) is 16.1 Å². The van der Waals surface area contributed by atoms with Gasteiger partial charge in [-0.25, -0.2) is 4.79 Å². The van der Waals surface area contributed by atoms with E-state index in [4.69, 9.17) is 23.2 Å². The number of H-pyrrole nitrogens is 1. The predicted molar refractivity (Wildman–Crippen MR) is 80.7 cm³/mol. The summed E-state index contributed by atoms with van der Waals surface area (Å²) >= 11 is 12.2. The molecule has 20 heavy (non-hydrogen) atoms. The Bertz CT molecular complexity index is 791. The highest BCUT2D eigenvalue weighted by molar-refractivity contribution is 6.38. The van der Waals surface area contributed by atoms with Gasteiger partial charge in [0.15, 0.2) is 0 Å². The molecule has 0 spiro atoms. The van der Waals surface area contributed by atoms with E-state index in [0.29, 0.717) is 16.3 Å². The van der Waals surface area contributed by atoms with Crippen LogP contribution in [0.25, 0.3) is 22.2 Å². The minimum Gasteiger partial charge on any atom is -0.478 e. The van der Waals surface area contributed by atoms with Crippen LogP contribution >= 0.6 is 23.2 Å². The average Bonchev–Trinajstić information content (AvgIpc) is 2.83. The van der Waals surface area contributed by atoms with E-state index in [2.05, 4.69) is 4.98 Å². The molecular weight excluding hydrogens is 297 g/mol. The molecule has 1 aromatic heterocycles.